The van der Waals surface area contributed by atoms with Crippen molar-refractivity contribution in [2.45, 2.75) is 51.6 Å². The Hall–Kier alpha value is -1.66. The van der Waals surface area contributed by atoms with Gasteiger partial charge in [0.05, 0.1) is 11.8 Å². The number of halogens is 1. The van der Waals surface area contributed by atoms with E-state index < -0.39 is 5.54 Å². The SMILES string of the molecule is CC1(C)C=C(C(=O)NCCN2C(=O)C3CC=CCC3C2=O)C(C)(C)N1.Cl. The Bertz CT molecular complexity index is 656. The third-order valence-electron chi connectivity index (χ3n) is 5.28. The number of fused-ring (bicyclic) bond motifs is 1. The molecule has 1 aliphatic carbocycles. The van der Waals surface area contributed by atoms with Crippen LogP contribution >= 0.6 is 12.4 Å². The average molecular weight is 382 g/mol. The van der Waals surface area contributed by atoms with Gasteiger partial charge < -0.3 is 5.32 Å². The van der Waals surface area contributed by atoms with Crippen molar-refractivity contribution in [3.05, 3.63) is 23.8 Å². The van der Waals surface area contributed by atoms with Gasteiger partial charge in [-0.1, -0.05) is 18.2 Å². The third-order valence-corrected chi connectivity index (χ3v) is 5.28. The van der Waals surface area contributed by atoms with Crippen molar-refractivity contribution < 1.29 is 14.4 Å². The van der Waals surface area contributed by atoms with Gasteiger partial charge >= 0.3 is 0 Å². The summed E-state index contributed by atoms with van der Waals surface area (Å²) in [5.41, 5.74) is 0.0437. The summed E-state index contributed by atoms with van der Waals surface area (Å²) >= 11 is 0. The molecule has 1 saturated heterocycles. The van der Waals surface area contributed by atoms with Crippen LogP contribution in [0.1, 0.15) is 40.5 Å². The minimum Gasteiger partial charge on any atom is -0.350 e. The Kier molecular flexibility index (Phi) is 5.69. The number of allylic oxidation sites excluding steroid dienone is 2. The summed E-state index contributed by atoms with van der Waals surface area (Å²) in [6.45, 7) is 8.49. The normalized spacial score (nSPS) is 28.5. The van der Waals surface area contributed by atoms with Crippen LogP contribution in [0.25, 0.3) is 0 Å². The lowest BCUT2D eigenvalue weighted by atomic mass is 9.85. The van der Waals surface area contributed by atoms with E-state index in [1.807, 2.05) is 45.9 Å². The van der Waals surface area contributed by atoms with Crippen molar-refractivity contribution in [3.8, 4) is 0 Å². The van der Waals surface area contributed by atoms with E-state index in [1.165, 1.54) is 4.90 Å². The number of nitrogens with zero attached hydrogens (tertiary/aromatic N) is 1. The van der Waals surface area contributed by atoms with Crippen molar-refractivity contribution in [2.24, 2.45) is 11.8 Å². The van der Waals surface area contributed by atoms with Gasteiger partial charge in [-0.3, -0.25) is 24.6 Å². The highest BCUT2D eigenvalue weighted by atomic mass is 35.5. The first-order chi connectivity index (χ1) is 11.6. The fourth-order valence-electron chi connectivity index (χ4n) is 4.27. The number of hydrogen-bond donors (Lipinski definition) is 2. The van der Waals surface area contributed by atoms with Gasteiger partial charge in [-0.2, -0.15) is 0 Å². The molecule has 0 aromatic heterocycles. The molecule has 3 aliphatic rings. The zero-order chi connectivity index (χ0) is 18.4. The van der Waals surface area contributed by atoms with E-state index in [-0.39, 0.29) is 60.6 Å². The molecule has 3 rings (SSSR count). The molecule has 2 aliphatic heterocycles. The van der Waals surface area contributed by atoms with E-state index >= 15 is 0 Å². The molecule has 2 unspecified atom stereocenters. The van der Waals surface area contributed by atoms with E-state index in [1.54, 1.807) is 0 Å². The summed E-state index contributed by atoms with van der Waals surface area (Å²) in [6.07, 6.45) is 7.16. The molecule has 26 heavy (non-hydrogen) atoms. The summed E-state index contributed by atoms with van der Waals surface area (Å²) in [5, 5.41) is 6.26. The standard InChI is InChI=1S/C19H27N3O3.ClH/c1-18(2)11-14(19(3,4)21-18)15(23)20-9-10-22-16(24)12-7-5-6-8-13(12)17(22)25;/h5-6,11-13,21H,7-10H2,1-4H3,(H,20,23);1H. The van der Waals surface area contributed by atoms with Gasteiger partial charge in [0.25, 0.3) is 0 Å². The molecule has 2 heterocycles. The van der Waals surface area contributed by atoms with Crippen molar-refractivity contribution in [1.82, 2.24) is 15.5 Å². The highest BCUT2D eigenvalue weighted by Crippen LogP contribution is 2.34. The van der Waals surface area contributed by atoms with E-state index in [4.69, 9.17) is 0 Å². The molecule has 2 N–H and O–H groups in total. The van der Waals surface area contributed by atoms with E-state index in [0.29, 0.717) is 18.4 Å². The second-order valence-electron chi connectivity index (χ2n) is 8.27. The molecule has 7 heteroatoms. The molecule has 3 amide bonds. The largest absolute Gasteiger partial charge is 0.350 e. The molecule has 6 nitrogen and oxygen atoms in total. The summed E-state index contributed by atoms with van der Waals surface area (Å²) in [6, 6.07) is 0. The van der Waals surface area contributed by atoms with Crippen molar-refractivity contribution >= 4 is 30.1 Å². The molecule has 0 radical (unpaired) electrons. The summed E-state index contributed by atoms with van der Waals surface area (Å²) in [7, 11) is 0. The zero-order valence-corrected chi connectivity index (χ0v) is 16.6. The monoisotopic (exact) mass is 381 g/mol. The maximum Gasteiger partial charge on any atom is 0.248 e. The van der Waals surface area contributed by atoms with E-state index in [2.05, 4.69) is 10.6 Å². The van der Waals surface area contributed by atoms with Crippen LogP contribution in [0.3, 0.4) is 0 Å². The molecule has 0 bridgehead atoms. The fraction of sp³-hybridized carbons (Fsp3) is 0.632. The number of nitrogens with one attached hydrogen (secondary N) is 2. The fourth-order valence-corrected chi connectivity index (χ4v) is 4.27. The first-order valence-corrected chi connectivity index (χ1v) is 8.93. The van der Waals surface area contributed by atoms with Crippen molar-refractivity contribution in [1.29, 1.82) is 0 Å². The van der Waals surface area contributed by atoms with Crippen molar-refractivity contribution in [2.75, 3.05) is 13.1 Å². The maximum atomic E-state index is 12.5. The van der Waals surface area contributed by atoms with Crippen LogP contribution in [0.5, 0.6) is 0 Å². The Morgan fingerprint density at radius 3 is 2.15 bits per heavy atom. The highest BCUT2D eigenvalue weighted by molar-refractivity contribution is 6.05. The molecule has 0 aromatic carbocycles. The Morgan fingerprint density at radius 1 is 1.15 bits per heavy atom. The predicted molar refractivity (Wildman–Crippen MR) is 102 cm³/mol. The Morgan fingerprint density at radius 2 is 1.69 bits per heavy atom. The highest BCUT2D eigenvalue weighted by Gasteiger charge is 2.47. The van der Waals surface area contributed by atoms with Crippen LogP contribution < -0.4 is 10.6 Å². The van der Waals surface area contributed by atoms with Crippen LogP contribution in [-0.4, -0.2) is 46.8 Å². The number of amides is 3. The number of hydrogen-bond acceptors (Lipinski definition) is 4. The molecule has 2 atom stereocenters. The lowest BCUT2D eigenvalue weighted by Crippen LogP contribution is -2.48. The quantitative estimate of drug-likeness (QED) is 0.572. The predicted octanol–water partition coefficient (Wildman–Crippen LogP) is 1.56. The number of imide groups is 1. The summed E-state index contributed by atoms with van der Waals surface area (Å²) < 4.78 is 0. The zero-order valence-electron chi connectivity index (χ0n) is 15.8. The van der Waals surface area contributed by atoms with Crippen LogP contribution in [0.15, 0.2) is 23.8 Å². The van der Waals surface area contributed by atoms with Gasteiger partial charge in [-0.05, 0) is 40.5 Å². The molecule has 0 spiro atoms. The van der Waals surface area contributed by atoms with Crippen LogP contribution in [0.2, 0.25) is 0 Å². The molecule has 1 fully saturated rings. The lowest BCUT2D eigenvalue weighted by Gasteiger charge is -2.27. The minimum absolute atomic E-state index is 0. The minimum atomic E-state index is -0.409. The maximum absolute atomic E-state index is 12.5. The van der Waals surface area contributed by atoms with Crippen LogP contribution in [0, 0.1) is 11.8 Å². The number of likely N-dealkylation sites (tertiary alicyclic amines) is 1. The van der Waals surface area contributed by atoms with Gasteiger partial charge in [0.1, 0.15) is 0 Å². The first kappa shape index (κ1) is 20.6. The molecule has 0 aromatic rings. The van der Waals surface area contributed by atoms with Crippen molar-refractivity contribution in [3.63, 3.8) is 0 Å². The average Bonchev–Trinajstić information content (AvgIpc) is 2.90. The van der Waals surface area contributed by atoms with E-state index in [0.717, 1.165) is 0 Å². The summed E-state index contributed by atoms with van der Waals surface area (Å²) in [5.74, 6) is -0.778. The van der Waals surface area contributed by atoms with Gasteiger partial charge in [0.2, 0.25) is 17.7 Å². The van der Waals surface area contributed by atoms with Crippen LogP contribution in [-0.2, 0) is 14.4 Å². The smallest absolute Gasteiger partial charge is 0.248 e. The van der Waals surface area contributed by atoms with Crippen LogP contribution in [0.4, 0.5) is 0 Å². The molecular weight excluding hydrogens is 354 g/mol. The number of carbonyl (C=O) groups excluding carboxylic acids is 3. The second-order valence-corrected chi connectivity index (χ2v) is 8.27. The van der Waals surface area contributed by atoms with Gasteiger partial charge in [0.15, 0.2) is 0 Å². The molecule has 0 saturated carbocycles. The lowest BCUT2D eigenvalue weighted by molar-refractivity contribution is -0.140. The van der Waals surface area contributed by atoms with Gasteiger partial charge in [0, 0.05) is 29.7 Å². The Balaban J connectivity index is 0.00000243. The number of carbonyl (C=O) groups is 3. The second kappa shape index (κ2) is 7.16. The van der Waals surface area contributed by atoms with E-state index in [9.17, 15) is 14.4 Å². The first-order valence-electron chi connectivity index (χ1n) is 8.93. The third kappa shape index (κ3) is 3.71. The van der Waals surface area contributed by atoms with Gasteiger partial charge in [-0.25, -0.2) is 0 Å². The molecular formula is C19H28ClN3O3. The summed E-state index contributed by atoms with van der Waals surface area (Å²) in [4.78, 5) is 38.7. The number of rotatable bonds is 4. The van der Waals surface area contributed by atoms with Gasteiger partial charge in [-0.15, -0.1) is 12.4 Å². The topological polar surface area (TPSA) is 78.5 Å². The molecule has 144 valence electrons. The Labute approximate surface area is 160 Å².